The average molecular weight is 220 g/mol. The zero-order valence-corrected chi connectivity index (χ0v) is 9.10. The molecule has 2 heterocycles. The van der Waals surface area contributed by atoms with Crippen LogP contribution in [0.15, 0.2) is 18.2 Å². The van der Waals surface area contributed by atoms with Crippen LogP contribution in [0, 0.1) is 6.92 Å². The molecule has 0 unspecified atom stereocenters. The van der Waals surface area contributed by atoms with Gasteiger partial charge in [0.15, 0.2) is 5.88 Å². The molecule has 0 bridgehead atoms. The molecule has 0 radical (unpaired) electrons. The molecule has 0 aliphatic carbocycles. The van der Waals surface area contributed by atoms with Crippen LogP contribution in [0.2, 0.25) is 0 Å². The van der Waals surface area contributed by atoms with Crippen molar-refractivity contribution >= 4 is 11.6 Å². The van der Waals surface area contributed by atoms with Gasteiger partial charge >= 0.3 is 5.97 Å². The number of methoxy groups -OCH3 is 1. The van der Waals surface area contributed by atoms with Crippen molar-refractivity contribution in [2.45, 2.75) is 13.3 Å². The SMILES string of the molecule is COc1cccc2nc(CC(=O)O)c(C)n12. The van der Waals surface area contributed by atoms with Crippen LogP contribution in [-0.4, -0.2) is 27.6 Å². The van der Waals surface area contributed by atoms with Crippen LogP contribution in [0.3, 0.4) is 0 Å². The van der Waals surface area contributed by atoms with Crippen molar-refractivity contribution in [3.63, 3.8) is 0 Å². The maximum absolute atomic E-state index is 10.7. The summed E-state index contributed by atoms with van der Waals surface area (Å²) in [7, 11) is 1.57. The standard InChI is InChI=1S/C11H12N2O3/c1-7-8(6-11(14)15)12-9-4-3-5-10(16-2)13(7)9/h3-5H,6H2,1-2H3,(H,14,15). The lowest BCUT2D eigenvalue weighted by molar-refractivity contribution is -0.136. The molecule has 2 rings (SSSR count). The number of fused-ring (bicyclic) bond motifs is 1. The van der Waals surface area contributed by atoms with Crippen molar-refractivity contribution in [3.05, 3.63) is 29.6 Å². The second-order valence-electron chi connectivity index (χ2n) is 3.48. The number of carbonyl (C=O) groups is 1. The van der Waals surface area contributed by atoms with Gasteiger partial charge in [-0.05, 0) is 19.1 Å². The Morgan fingerprint density at radius 2 is 2.31 bits per heavy atom. The predicted molar refractivity (Wildman–Crippen MR) is 57.8 cm³/mol. The number of aromatic nitrogens is 2. The zero-order valence-electron chi connectivity index (χ0n) is 9.10. The van der Waals surface area contributed by atoms with E-state index in [2.05, 4.69) is 4.98 Å². The zero-order chi connectivity index (χ0) is 11.7. The minimum absolute atomic E-state index is 0.0728. The number of hydrogen-bond donors (Lipinski definition) is 1. The monoisotopic (exact) mass is 220 g/mol. The molecule has 2 aromatic heterocycles. The van der Waals surface area contributed by atoms with Crippen LogP contribution in [0.25, 0.3) is 5.65 Å². The molecule has 84 valence electrons. The van der Waals surface area contributed by atoms with Crippen molar-refractivity contribution in [1.82, 2.24) is 9.38 Å². The normalized spacial score (nSPS) is 10.6. The molecule has 0 saturated carbocycles. The molecule has 0 aromatic carbocycles. The summed E-state index contributed by atoms with van der Waals surface area (Å²) < 4.78 is 7.01. The smallest absolute Gasteiger partial charge is 0.309 e. The van der Waals surface area contributed by atoms with Gasteiger partial charge in [0.1, 0.15) is 5.65 Å². The Kier molecular flexibility index (Phi) is 2.52. The molecule has 0 amide bonds. The molecule has 0 spiro atoms. The summed E-state index contributed by atoms with van der Waals surface area (Å²) >= 11 is 0. The molecule has 2 aromatic rings. The molecule has 5 nitrogen and oxygen atoms in total. The van der Waals surface area contributed by atoms with Gasteiger partial charge in [-0.25, -0.2) is 4.98 Å². The van der Waals surface area contributed by atoms with Crippen LogP contribution in [0.1, 0.15) is 11.4 Å². The van der Waals surface area contributed by atoms with Gasteiger partial charge in [0.25, 0.3) is 0 Å². The highest BCUT2D eigenvalue weighted by Gasteiger charge is 2.13. The molecule has 5 heteroatoms. The van der Waals surface area contributed by atoms with Gasteiger partial charge in [-0.15, -0.1) is 0 Å². The Bertz CT molecular complexity index is 545. The fraction of sp³-hybridized carbons (Fsp3) is 0.273. The Morgan fingerprint density at radius 1 is 1.56 bits per heavy atom. The van der Waals surface area contributed by atoms with Gasteiger partial charge in [-0.3, -0.25) is 9.20 Å². The fourth-order valence-electron chi connectivity index (χ4n) is 1.72. The third kappa shape index (κ3) is 1.60. The summed E-state index contributed by atoms with van der Waals surface area (Å²) in [6, 6.07) is 5.46. The number of hydrogen-bond acceptors (Lipinski definition) is 3. The number of rotatable bonds is 3. The number of ether oxygens (including phenoxy) is 1. The molecule has 0 aliphatic heterocycles. The molecule has 1 N–H and O–H groups in total. The predicted octanol–water partition coefficient (Wildman–Crippen LogP) is 1.28. The third-order valence-corrected chi connectivity index (χ3v) is 2.46. The largest absolute Gasteiger partial charge is 0.482 e. The number of imidazole rings is 1. The van der Waals surface area contributed by atoms with E-state index in [-0.39, 0.29) is 6.42 Å². The number of aryl methyl sites for hydroxylation is 1. The van der Waals surface area contributed by atoms with Crippen molar-refractivity contribution in [3.8, 4) is 5.88 Å². The van der Waals surface area contributed by atoms with Crippen molar-refractivity contribution in [2.24, 2.45) is 0 Å². The molecular weight excluding hydrogens is 208 g/mol. The summed E-state index contributed by atoms with van der Waals surface area (Å²) in [5.41, 5.74) is 2.07. The summed E-state index contributed by atoms with van der Waals surface area (Å²) in [5.74, 6) is -0.232. The maximum Gasteiger partial charge on any atom is 0.309 e. The van der Waals surface area contributed by atoms with Crippen LogP contribution in [-0.2, 0) is 11.2 Å². The van der Waals surface area contributed by atoms with Crippen molar-refractivity contribution < 1.29 is 14.6 Å². The van der Waals surface area contributed by atoms with Crippen LogP contribution in [0.4, 0.5) is 0 Å². The maximum atomic E-state index is 10.7. The number of carboxylic acids is 1. The van der Waals surface area contributed by atoms with E-state index >= 15 is 0 Å². The molecule has 0 atom stereocenters. The Hall–Kier alpha value is -2.04. The minimum Gasteiger partial charge on any atom is -0.482 e. The van der Waals surface area contributed by atoms with Gasteiger partial charge < -0.3 is 9.84 Å². The summed E-state index contributed by atoms with van der Waals surface area (Å²) in [6.07, 6.45) is -0.0728. The third-order valence-electron chi connectivity index (χ3n) is 2.46. The first-order valence-corrected chi connectivity index (χ1v) is 4.86. The number of aliphatic carboxylic acids is 1. The molecule has 16 heavy (non-hydrogen) atoms. The highest BCUT2D eigenvalue weighted by Crippen LogP contribution is 2.19. The molecule has 0 saturated heterocycles. The lowest BCUT2D eigenvalue weighted by Gasteiger charge is -2.04. The van der Waals surface area contributed by atoms with Crippen LogP contribution >= 0.6 is 0 Å². The number of nitrogens with zero attached hydrogens (tertiary/aromatic N) is 2. The van der Waals surface area contributed by atoms with Gasteiger partial charge in [0.2, 0.25) is 0 Å². The lowest BCUT2D eigenvalue weighted by atomic mass is 10.2. The van der Waals surface area contributed by atoms with E-state index < -0.39 is 5.97 Å². The lowest BCUT2D eigenvalue weighted by Crippen LogP contribution is -2.02. The molecule has 0 fully saturated rings. The quantitative estimate of drug-likeness (QED) is 0.846. The topological polar surface area (TPSA) is 63.8 Å². The second-order valence-corrected chi connectivity index (χ2v) is 3.48. The number of carboxylic acid groups (broad SMARTS) is 1. The van der Waals surface area contributed by atoms with Gasteiger partial charge in [0, 0.05) is 5.69 Å². The first kappa shape index (κ1) is 10.5. The van der Waals surface area contributed by atoms with E-state index in [9.17, 15) is 4.79 Å². The Morgan fingerprint density at radius 3 is 2.94 bits per heavy atom. The molecule has 0 aliphatic rings. The van der Waals surface area contributed by atoms with Crippen molar-refractivity contribution in [2.75, 3.05) is 7.11 Å². The summed E-state index contributed by atoms with van der Waals surface area (Å²) in [6.45, 7) is 1.83. The summed E-state index contributed by atoms with van der Waals surface area (Å²) in [4.78, 5) is 14.9. The van der Waals surface area contributed by atoms with E-state index in [1.54, 1.807) is 11.5 Å². The number of pyridine rings is 1. The molecular formula is C11H12N2O3. The van der Waals surface area contributed by atoms with Gasteiger partial charge in [-0.1, -0.05) is 6.07 Å². The average Bonchev–Trinajstić information content (AvgIpc) is 2.55. The van der Waals surface area contributed by atoms with E-state index in [0.717, 1.165) is 5.69 Å². The van der Waals surface area contributed by atoms with Gasteiger partial charge in [-0.2, -0.15) is 0 Å². The van der Waals surface area contributed by atoms with Crippen molar-refractivity contribution in [1.29, 1.82) is 0 Å². The first-order valence-electron chi connectivity index (χ1n) is 4.86. The van der Waals surface area contributed by atoms with E-state index in [1.807, 2.05) is 25.1 Å². The van der Waals surface area contributed by atoms with E-state index in [4.69, 9.17) is 9.84 Å². The van der Waals surface area contributed by atoms with Crippen LogP contribution < -0.4 is 4.74 Å². The summed E-state index contributed by atoms with van der Waals surface area (Å²) in [5, 5.41) is 8.76. The van der Waals surface area contributed by atoms with E-state index in [1.165, 1.54) is 0 Å². The Labute approximate surface area is 92.3 Å². The van der Waals surface area contributed by atoms with E-state index in [0.29, 0.717) is 17.2 Å². The Balaban J connectivity index is 2.63. The fourth-order valence-corrected chi connectivity index (χ4v) is 1.72. The van der Waals surface area contributed by atoms with Crippen LogP contribution in [0.5, 0.6) is 5.88 Å². The first-order chi connectivity index (χ1) is 7.63. The second kappa shape index (κ2) is 3.84. The highest BCUT2D eigenvalue weighted by atomic mass is 16.5. The minimum atomic E-state index is -0.884. The highest BCUT2D eigenvalue weighted by molar-refractivity contribution is 5.70. The van der Waals surface area contributed by atoms with Gasteiger partial charge in [0.05, 0.1) is 19.2 Å².